The molecule has 18 heavy (non-hydrogen) atoms. The molecule has 0 amide bonds. The maximum absolute atomic E-state index is 4.56. The van der Waals surface area contributed by atoms with Crippen LogP contribution in [0, 0.1) is 6.92 Å². The van der Waals surface area contributed by atoms with E-state index >= 15 is 0 Å². The summed E-state index contributed by atoms with van der Waals surface area (Å²) < 4.78 is 1.11. The molecule has 0 aliphatic rings. The van der Waals surface area contributed by atoms with Crippen molar-refractivity contribution in [1.29, 1.82) is 0 Å². The third-order valence-corrected chi connectivity index (χ3v) is 3.93. The predicted octanol–water partition coefficient (Wildman–Crippen LogP) is 4.34. The Hall–Kier alpha value is -0.770. The van der Waals surface area contributed by atoms with Gasteiger partial charge in [-0.1, -0.05) is 46.3 Å². The van der Waals surface area contributed by atoms with E-state index in [1.54, 1.807) is 0 Å². The fourth-order valence-electron chi connectivity index (χ4n) is 1.88. The van der Waals surface area contributed by atoms with Gasteiger partial charge in [-0.3, -0.25) is 0 Å². The zero-order chi connectivity index (χ0) is 13.0. The van der Waals surface area contributed by atoms with Crippen LogP contribution in [0.1, 0.15) is 16.7 Å². The van der Waals surface area contributed by atoms with Gasteiger partial charge in [0.15, 0.2) is 0 Å². The lowest BCUT2D eigenvalue weighted by Gasteiger charge is -2.10. The van der Waals surface area contributed by atoms with Crippen molar-refractivity contribution >= 4 is 28.6 Å². The molecule has 2 aromatic carbocycles. The molecule has 0 aromatic heterocycles. The van der Waals surface area contributed by atoms with E-state index in [0.29, 0.717) is 0 Å². The molecule has 0 bridgehead atoms. The molecule has 0 saturated heterocycles. The van der Waals surface area contributed by atoms with Gasteiger partial charge in [0, 0.05) is 22.5 Å². The van der Waals surface area contributed by atoms with Crippen molar-refractivity contribution < 1.29 is 0 Å². The van der Waals surface area contributed by atoms with Crippen molar-refractivity contribution in [2.45, 2.75) is 24.9 Å². The lowest BCUT2D eigenvalue weighted by Crippen LogP contribution is -2.13. The summed E-state index contributed by atoms with van der Waals surface area (Å²) in [5.74, 6) is 0. The predicted molar refractivity (Wildman–Crippen MR) is 83.1 cm³/mol. The van der Waals surface area contributed by atoms with Gasteiger partial charge in [-0.2, -0.15) is 0 Å². The highest BCUT2D eigenvalue weighted by atomic mass is 79.9. The Morgan fingerprint density at radius 2 is 1.83 bits per heavy atom. The summed E-state index contributed by atoms with van der Waals surface area (Å²) in [5.41, 5.74) is 3.72. The average molecular weight is 322 g/mol. The SMILES string of the molecule is Cc1cc(Br)cc(CNCc2ccccc2)c1S. The Morgan fingerprint density at radius 1 is 1.11 bits per heavy atom. The van der Waals surface area contributed by atoms with Crippen LogP contribution in [0.25, 0.3) is 0 Å². The molecule has 1 N–H and O–H groups in total. The van der Waals surface area contributed by atoms with Crippen LogP contribution in [0.4, 0.5) is 0 Å². The minimum absolute atomic E-state index is 0.827. The first-order chi connectivity index (χ1) is 8.66. The molecular formula is C15H16BrNS. The second-order valence-corrected chi connectivity index (χ2v) is 5.68. The number of thiol groups is 1. The summed E-state index contributed by atoms with van der Waals surface area (Å²) in [6.45, 7) is 3.78. The molecule has 0 atom stereocenters. The van der Waals surface area contributed by atoms with Crippen molar-refractivity contribution in [3.63, 3.8) is 0 Å². The Balaban J connectivity index is 1.99. The number of hydrogen-bond acceptors (Lipinski definition) is 2. The fraction of sp³-hybridized carbons (Fsp3) is 0.200. The van der Waals surface area contributed by atoms with Crippen LogP contribution in [0.3, 0.4) is 0 Å². The minimum atomic E-state index is 0.827. The summed E-state index contributed by atoms with van der Waals surface area (Å²) in [6, 6.07) is 14.6. The van der Waals surface area contributed by atoms with Gasteiger partial charge in [-0.15, -0.1) is 12.6 Å². The summed E-state index contributed by atoms with van der Waals surface area (Å²) in [4.78, 5) is 1.07. The van der Waals surface area contributed by atoms with Crippen molar-refractivity contribution in [3.05, 3.63) is 63.6 Å². The van der Waals surface area contributed by atoms with Crippen LogP contribution in [0.15, 0.2) is 51.8 Å². The summed E-state index contributed by atoms with van der Waals surface area (Å²) in [7, 11) is 0. The molecule has 0 saturated carbocycles. The van der Waals surface area contributed by atoms with E-state index in [-0.39, 0.29) is 0 Å². The zero-order valence-electron chi connectivity index (χ0n) is 10.3. The van der Waals surface area contributed by atoms with E-state index in [1.165, 1.54) is 16.7 Å². The number of aryl methyl sites for hydroxylation is 1. The minimum Gasteiger partial charge on any atom is -0.309 e. The van der Waals surface area contributed by atoms with Crippen LogP contribution in [0.5, 0.6) is 0 Å². The summed E-state index contributed by atoms with van der Waals surface area (Å²) >= 11 is 8.08. The third kappa shape index (κ3) is 3.61. The molecule has 3 heteroatoms. The van der Waals surface area contributed by atoms with Crippen molar-refractivity contribution in [3.8, 4) is 0 Å². The molecule has 0 fully saturated rings. The van der Waals surface area contributed by atoms with Crippen molar-refractivity contribution in [1.82, 2.24) is 5.32 Å². The highest BCUT2D eigenvalue weighted by Gasteiger charge is 2.03. The Bertz CT molecular complexity index is 526. The number of benzene rings is 2. The first-order valence-electron chi connectivity index (χ1n) is 5.89. The van der Waals surface area contributed by atoms with Crippen molar-refractivity contribution in [2.75, 3.05) is 0 Å². The largest absolute Gasteiger partial charge is 0.309 e. The van der Waals surface area contributed by atoms with E-state index in [9.17, 15) is 0 Å². The van der Waals surface area contributed by atoms with Crippen LogP contribution in [-0.4, -0.2) is 0 Å². The van der Waals surface area contributed by atoms with Gasteiger partial charge in [0.25, 0.3) is 0 Å². The van der Waals surface area contributed by atoms with E-state index in [0.717, 1.165) is 22.5 Å². The molecule has 0 heterocycles. The van der Waals surface area contributed by atoms with Gasteiger partial charge in [0.1, 0.15) is 0 Å². The fourth-order valence-corrected chi connectivity index (χ4v) is 2.70. The van der Waals surface area contributed by atoms with Crippen LogP contribution < -0.4 is 5.32 Å². The molecule has 0 unspecified atom stereocenters. The standard InChI is InChI=1S/C15H16BrNS/c1-11-7-14(16)8-13(15(11)18)10-17-9-12-5-3-2-4-6-12/h2-8,17-18H,9-10H2,1H3. The normalized spacial score (nSPS) is 10.6. The third-order valence-electron chi connectivity index (χ3n) is 2.83. The topological polar surface area (TPSA) is 12.0 Å². The molecule has 0 radical (unpaired) electrons. The Labute approximate surface area is 122 Å². The van der Waals surface area contributed by atoms with E-state index in [2.05, 4.69) is 77.2 Å². The highest BCUT2D eigenvalue weighted by molar-refractivity contribution is 9.10. The number of hydrogen-bond donors (Lipinski definition) is 2. The van der Waals surface area contributed by atoms with Gasteiger partial charge in [-0.25, -0.2) is 0 Å². The van der Waals surface area contributed by atoms with E-state index in [1.807, 2.05) is 6.07 Å². The monoisotopic (exact) mass is 321 g/mol. The Kier molecular flexibility index (Phi) is 4.87. The summed E-state index contributed by atoms with van der Waals surface area (Å²) in [5, 5.41) is 3.44. The average Bonchev–Trinajstić information content (AvgIpc) is 2.36. The molecule has 94 valence electrons. The Morgan fingerprint density at radius 3 is 2.56 bits per heavy atom. The molecule has 0 aliphatic carbocycles. The van der Waals surface area contributed by atoms with Crippen LogP contribution in [-0.2, 0) is 13.1 Å². The molecule has 0 spiro atoms. The van der Waals surface area contributed by atoms with E-state index in [4.69, 9.17) is 0 Å². The van der Waals surface area contributed by atoms with Gasteiger partial charge >= 0.3 is 0 Å². The zero-order valence-corrected chi connectivity index (χ0v) is 12.8. The molecule has 1 nitrogen and oxygen atoms in total. The van der Waals surface area contributed by atoms with E-state index < -0.39 is 0 Å². The smallest absolute Gasteiger partial charge is 0.0220 e. The highest BCUT2D eigenvalue weighted by Crippen LogP contribution is 2.24. The first kappa shape index (κ1) is 13.7. The number of halogens is 1. The molecule has 0 aliphatic heterocycles. The first-order valence-corrected chi connectivity index (χ1v) is 7.13. The summed E-state index contributed by atoms with van der Waals surface area (Å²) in [6.07, 6.45) is 0. The quantitative estimate of drug-likeness (QED) is 0.798. The maximum Gasteiger partial charge on any atom is 0.0220 e. The lowest BCUT2D eigenvalue weighted by molar-refractivity contribution is 0.685. The van der Waals surface area contributed by atoms with Crippen LogP contribution >= 0.6 is 28.6 Å². The molecular weight excluding hydrogens is 306 g/mol. The van der Waals surface area contributed by atoms with Gasteiger partial charge in [0.2, 0.25) is 0 Å². The van der Waals surface area contributed by atoms with Crippen molar-refractivity contribution in [2.24, 2.45) is 0 Å². The number of nitrogens with one attached hydrogen (secondary N) is 1. The lowest BCUT2D eigenvalue weighted by atomic mass is 10.1. The van der Waals surface area contributed by atoms with Gasteiger partial charge in [0.05, 0.1) is 0 Å². The molecule has 2 aromatic rings. The second kappa shape index (κ2) is 6.41. The number of rotatable bonds is 4. The van der Waals surface area contributed by atoms with Gasteiger partial charge in [-0.05, 0) is 35.7 Å². The van der Waals surface area contributed by atoms with Crippen LogP contribution in [0.2, 0.25) is 0 Å². The maximum atomic E-state index is 4.56. The molecule has 2 rings (SSSR count). The second-order valence-electron chi connectivity index (χ2n) is 4.32. The van der Waals surface area contributed by atoms with Gasteiger partial charge < -0.3 is 5.32 Å².